The number of amides is 3. The van der Waals surface area contributed by atoms with Gasteiger partial charge >= 0.3 is 5.97 Å². The van der Waals surface area contributed by atoms with Crippen LogP contribution in [0, 0.1) is 5.92 Å². The fourth-order valence-electron chi connectivity index (χ4n) is 3.25. The number of benzene rings is 2. The smallest absolute Gasteiger partial charge is 0.311 e. The van der Waals surface area contributed by atoms with E-state index in [1.54, 1.807) is 30.3 Å². The van der Waals surface area contributed by atoms with E-state index in [9.17, 15) is 19.2 Å². The van der Waals surface area contributed by atoms with Crippen molar-refractivity contribution in [1.29, 1.82) is 0 Å². The minimum absolute atomic E-state index is 0.0813. The lowest BCUT2D eigenvalue weighted by molar-refractivity contribution is -0.151. The van der Waals surface area contributed by atoms with Gasteiger partial charge in [-0.15, -0.1) is 0 Å². The van der Waals surface area contributed by atoms with Gasteiger partial charge in [0.2, 0.25) is 5.91 Å². The molecule has 2 N–H and O–H groups in total. The lowest BCUT2D eigenvalue weighted by Gasteiger charge is -2.18. The normalized spacial score (nSPS) is 14.9. The van der Waals surface area contributed by atoms with Crippen molar-refractivity contribution in [3.63, 3.8) is 0 Å². The van der Waals surface area contributed by atoms with Gasteiger partial charge in [0.1, 0.15) is 17.2 Å². The van der Waals surface area contributed by atoms with Crippen LogP contribution < -0.4 is 25.0 Å². The minimum Gasteiger partial charge on any atom is -0.497 e. The molecule has 1 fully saturated rings. The molecule has 180 valence electrons. The summed E-state index contributed by atoms with van der Waals surface area (Å²) in [5.74, 6) is -1.72. The monoisotopic (exact) mass is 471 g/mol. The highest BCUT2D eigenvalue weighted by Gasteiger charge is 2.36. The molecule has 1 heterocycles. The maximum atomic E-state index is 12.6. The molecule has 1 aliphatic heterocycles. The molecule has 0 aromatic heterocycles. The van der Waals surface area contributed by atoms with Gasteiger partial charge < -0.3 is 24.3 Å². The number of nitrogens with one attached hydrogen (secondary N) is 2. The SMILES string of the molecule is COc1cccc(NC(=O)COC(=O)[C@H]2CC(=O)N(NC(=O)c3cc(OC)cc(OC)c3)C2)c1. The standard InChI is InChI=1S/C23H25N3O8/c1-31-17-6-4-5-16(10-17)24-20(27)13-34-23(30)15-9-21(28)26(12-15)25-22(29)14-7-18(32-2)11-19(8-14)33-3/h4-8,10-11,15H,9,12-13H2,1-3H3,(H,24,27)(H,25,29)/t15-/m0/s1. The summed E-state index contributed by atoms with van der Waals surface area (Å²) in [5.41, 5.74) is 3.17. The van der Waals surface area contributed by atoms with E-state index >= 15 is 0 Å². The lowest BCUT2D eigenvalue weighted by atomic mass is 10.1. The Balaban J connectivity index is 1.52. The average molecular weight is 471 g/mol. The van der Waals surface area contributed by atoms with Gasteiger partial charge in [-0.3, -0.25) is 29.6 Å². The third-order valence-corrected chi connectivity index (χ3v) is 5.01. The summed E-state index contributed by atoms with van der Waals surface area (Å²) >= 11 is 0. The van der Waals surface area contributed by atoms with Crippen molar-refractivity contribution >= 4 is 29.4 Å². The van der Waals surface area contributed by atoms with E-state index in [1.807, 2.05) is 0 Å². The second kappa shape index (κ2) is 11.0. The highest BCUT2D eigenvalue weighted by atomic mass is 16.5. The molecule has 0 aliphatic carbocycles. The molecular formula is C23H25N3O8. The van der Waals surface area contributed by atoms with Crippen LogP contribution in [0.5, 0.6) is 17.2 Å². The first kappa shape index (κ1) is 24.4. The van der Waals surface area contributed by atoms with E-state index in [0.717, 1.165) is 5.01 Å². The van der Waals surface area contributed by atoms with Gasteiger partial charge in [0, 0.05) is 29.8 Å². The zero-order chi connectivity index (χ0) is 24.7. The number of carbonyl (C=O) groups is 4. The summed E-state index contributed by atoms with van der Waals surface area (Å²) in [6.07, 6.45) is -0.155. The van der Waals surface area contributed by atoms with E-state index in [0.29, 0.717) is 22.9 Å². The molecule has 3 rings (SSSR count). The predicted octanol–water partition coefficient (Wildman–Crippen LogP) is 1.39. The number of hydrogen-bond donors (Lipinski definition) is 2. The Morgan fingerprint density at radius 3 is 2.29 bits per heavy atom. The van der Waals surface area contributed by atoms with Crippen LogP contribution in [0.2, 0.25) is 0 Å². The molecule has 0 bridgehead atoms. The molecule has 34 heavy (non-hydrogen) atoms. The van der Waals surface area contributed by atoms with Crippen LogP contribution in [-0.2, 0) is 19.1 Å². The highest BCUT2D eigenvalue weighted by molar-refractivity contribution is 5.97. The van der Waals surface area contributed by atoms with Crippen LogP contribution in [0.3, 0.4) is 0 Å². The zero-order valence-electron chi connectivity index (χ0n) is 19.0. The summed E-state index contributed by atoms with van der Waals surface area (Å²) in [6.45, 7) is -0.599. The van der Waals surface area contributed by atoms with Gasteiger partial charge in [-0.25, -0.2) is 0 Å². The van der Waals surface area contributed by atoms with Crippen molar-refractivity contribution < 1.29 is 38.1 Å². The quantitative estimate of drug-likeness (QED) is 0.525. The average Bonchev–Trinajstić information content (AvgIpc) is 3.22. The van der Waals surface area contributed by atoms with Crippen molar-refractivity contribution in [3.05, 3.63) is 48.0 Å². The fourth-order valence-corrected chi connectivity index (χ4v) is 3.25. The van der Waals surface area contributed by atoms with Gasteiger partial charge in [0.15, 0.2) is 6.61 Å². The van der Waals surface area contributed by atoms with Crippen LogP contribution in [-0.4, -0.2) is 63.2 Å². The predicted molar refractivity (Wildman–Crippen MR) is 119 cm³/mol. The first-order chi connectivity index (χ1) is 16.3. The second-order valence-electron chi connectivity index (χ2n) is 7.34. The van der Waals surface area contributed by atoms with E-state index in [-0.39, 0.29) is 18.5 Å². The van der Waals surface area contributed by atoms with Gasteiger partial charge in [-0.2, -0.15) is 0 Å². The summed E-state index contributed by atoms with van der Waals surface area (Å²) in [4.78, 5) is 49.4. The number of ether oxygens (including phenoxy) is 4. The summed E-state index contributed by atoms with van der Waals surface area (Å²) < 4.78 is 20.4. The molecule has 2 aromatic rings. The number of methoxy groups -OCH3 is 3. The molecule has 1 aliphatic rings. The van der Waals surface area contributed by atoms with Crippen LogP contribution in [0.1, 0.15) is 16.8 Å². The maximum absolute atomic E-state index is 12.6. The van der Waals surface area contributed by atoms with E-state index in [1.165, 1.54) is 33.5 Å². The Morgan fingerprint density at radius 2 is 1.65 bits per heavy atom. The number of nitrogens with zero attached hydrogens (tertiary/aromatic N) is 1. The molecule has 0 unspecified atom stereocenters. The zero-order valence-corrected chi connectivity index (χ0v) is 19.0. The Labute approximate surface area is 195 Å². The molecular weight excluding hydrogens is 446 g/mol. The number of hydrogen-bond acceptors (Lipinski definition) is 8. The van der Waals surface area contributed by atoms with Crippen LogP contribution in [0.4, 0.5) is 5.69 Å². The van der Waals surface area contributed by atoms with Gasteiger partial charge in [0.05, 0.1) is 33.8 Å². The molecule has 11 heteroatoms. The number of anilines is 1. The number of esters is 1. The molecule has 1 atom stereocenters. The first-order valence-electron chi connectivity index (χ1n) is 10.3. The van der Waals surface area contributed by atoms with Crippen LogP contribution in [0.25, 0.3) is 0 Å². The van der Waals surface area contributed by atoms with Crippen molar-refractivity contribution in [2.45, 2.75) is 6.42 Å². The molecule has 0 spiro atoms. The van der Waals surface area contributed by atoms with Gasteiger partial charge in [0.25, 0.3) is 11.8 Å². The molecule has 11 nitrogen and oxygen atoms in total. The Hall–Kier alpha value is -4.28. The Kier molecular flexibility index (Phi) is 7.91. The molecule has 0 saturated carbocycles. The molecule has 0 radical (unpaired) electrons. The van der Waals surface area contributed by atoms with Crippen molar-refractivity contribution in [2.75, 3.05) is 39.8 Å². The number of hydrazine groups is 1. The van der Waals surface area contributed by atoms with E-state index in [2.05, 4.69) is 10.7 Å². The summed E-state index contributed by atoms with van der Waals surface area (Å²) in [5, 5.41) is 3.64. The third-order valence-electron chi connectivity index (χ3n) is 5.01. The van der Waals surface area contributed by atoms with Gasteiger partial charge in [-0.1, -0.05) is 6.07 Å². The number of rotatable bonds is 9. The maximum Gasteiger partial charge on any atom is 0.311 e. The topological polar surface area (TPSA) is 132 Å². The largest absolute Gasteiger partial charge is 0.497 e. The van der Waals surface area contributed by atoms with Crippen LogP contribution in [0.15, 0.2) is 42.5 Å². The lowest BCUT2D eigenvalue weighted by Crippen LogP contribution is -2.43. The van der Waals surface area contributed by atoms with Crippen LogP contribution >= 0.6 is 0 Å². The molecule has 2 aromatic carbocycles. The first-order valence-corrected chi connectivity index (χ1v) is 10.3. The Morgan fingerprint density at radius 1 is 0.971 bits per heavy atom. The molecule has 1 saturated heterocycles. The van der Waals surface area contributed by atoms with Crippen molar-refractivity contribution in [2.24, 2.45) is 5.92 Å². The van der Waals surface area contributed by atoms with E-state index in [4.69, 9.17) is 18.9 Å². The second-order valence-corrected chi connectivity index (χ2v) is 7.34. The highest BCUT2D eigenvalue weighted by Crippen LogP contribution is 2.23. The Bertz CT molecular complexity index is 1070. The molecule has 3 amide bonds. The van der Waals surface area contributed by atoms with E-state index < -0.39 is 36.2 Å². The summed E-state index contributed by atoms with van der Waals surface area (Å²) in [6, 6.07) is 11.3. The minimum atomic E-state index is -0.822. The number of carbonyl (C=O) groups excluding carboxylic acids is 4. The summed E-state index contributed by atoms with van der Waals surface area (Å²) in [7, 11) is 4.41. The third kappa shape index (κ3) is 6.15. The fraction of sp³-hybridized carbons (Fsp3) is 0.304. The van der Waals surface area contributed by atoms with Crippen molar-refractivity contribution in [1.82, 2.24) is 10.4 Å². The van der Waals surface area contributed by atoms with Gasteiger partial charge in [-0.05, 0) is 24.3 Å². The van der Waals surface area contributed by atoms with Crippen molar-refractivity contribution in [3.8, 4) is 17.2 Å².